The molecule has 0 radical (unpaired) electrons. The Balaban J connectivity index is 2.26. The fourth-order valence-electron chi connectivity index (χ4n) is 1.75. The van der Waals surface area contributed by atoms with E-state index in [0.717, 1.165) is 18.5 Å². The van der Waals surface area contributed by atoms with Crippen molar-refractivity contribution in [2.45, 2.75) is 18.8 Å². The van der Waals surface area contributed by atoms with Crippen molar-refractivity contribution in [3.8, 4) is 0 Å². The number of rotatable bonds is 1. The zero-order valence-electron chi connectivity index (χ0n) is 7.70. The second kappa shape index (κ2) is 2.56. The van der Waals surface area contributed by atoms with E-state index in [1.807, 2.05) is 0 Å². The minimum atomic E-state index is -0.849. The van der Waals surface area contributed by atoms with Gasteiger partial charge in [-0.3, -0.25) is 4.79 Å². The van der Waals surface area contributed by atoms with Gasteiger partial charge in [0.1, 0.15) is 5.56 Å². The molecule has 1 aromatic rings. The van der Waals surface area contributed by atoms with Crippen molar-refractivity contribution < 1.29 is 14.3 Å². The van der Waals surface area contributed by atoms with Gasteiger partial charge >= 0.3 is 11.9 Å². The van der Waals surface area contributed by atoms with E-state index in [2.05, 4.69) is 9.72 Å². The molecule has 1 aromatic heterocycles. The lowest BCUT2D eigenvalue weighted by Crippen LogP contribution is -2.17. The number of nitrogens with one attached hydrogen (secondary N) is 1. The Hall–Kier alpha value is -1.91. The zero-order chi connectivity index (χ0) is 10.6. The molecule has 2 heterocycles. The molecule has 0 saturated heterocycles. The first-order valence-corrected chi connectivity index (χ1v) is 4.70. The highest BCUT2D eigenvalue weighted by Crippen LogP contribution is 2.39. The van der Waals surface area contributed by atoms with Gasteiger partial charge < -0.3 is 9.72 Å². The molecule has 0 aromatic carbocycles. The number of fused-ring (bicyclic) bond motifs is 1. The Morgan fingerprint density at radius 3 is 2.60 bits per heavy atom. The molecule has 1 N–H and O–H groups in total. The molecular weight excluding hydrogens is 198 g/mol. The summed E-state index contributed by atoms with van der Waals surface area (Å²) >= 11 is 0. The van der Waals surface area contributed by atoms with Crippen molar-refractivity contribution in [2.24, 2.45) is 0 Å². The van der Waals surface area contributed by atoms with Crippen LogP contribution in [-0.2, 0) is 4.74 Å². The fraction of sp³-hybridized carbons (Fsp3) is 0.300. The Labute approximate surface area is 84.1 Å². The number of carbonyl (C=O) groups excluding carboxylic acids is 2. The van der Waals surface area contributed by atoms with Crippen LogP contribution in [0.1, 0.15) is 45.2 Å². The lowest BCUT2D eigenvalue weighted by atomic mass is 10.1. The molecule has 1 aliphatic carbocycles. The smallest absolute Gasteiger partial charge is 0.352 e. The highest BCUT2D eigenvalue weighted by atomic mass is 16.6. The molecule has 15 heavy (non-hydrogen) atoms. The molecule has 5 heteroatoms. The molecular formula is C10H7NO4. The van der Waals surface area contributed by atoms with E-state index in [-0.39, 0.29) is 11.1 Å². The summed E-state index contributed by atoms with van der Waals surface area (Å²) in [5.74, 6) is -1.24. The maximum atomic E-state index is 11.5. The van der Waals surface area contributed by atoms with Crippen LogP contribution in [0.2, 0.25) is 0 Å². The van der Waals surface area contributed by atoms with Gasteiger partial charge in [-0.15, -0.1) is 0 Å². The highest BCUT2D eigenvalue weighted by Gasteiger charge is 2.35. The summed E-state index contributed by atoms with van der Waals surface area (Å²) in [5, 5.41) is 0. The number of ether oxygens (including phenoxy) is 1. The van der Waals surface area contributed by atoms with E-state index < -0.39 is 17.5 Å². The maximum Gasteiger partial charge on any atom is 0.352 e. The van der Waals surface area contributed by atoms with Crippen molar-refractivity contribution in [2.75, 3.05) is 0 Å². The monoisotopic (exact) mass is 205 g/mol. The molecule has 1 fully saturated rings. The van der Waals surface area contributed by atoms with Gasteiger partial charge in [0, 0.05) is 5.69 Å². The molecule has 3 rings (SSSR count). The Morgan fingerprint density at radius 1 is 1.20 bits per heavy atom. The van der Waals surface area contributed by atoms with Crippen LogP contribution in [0.25, 0.3) is 0 Å². The van der Waals surface area contributed by atoms with E-state index >= 15 is 0 Å². The molecule has 76 valence electrons. The van der Waals surface area contributed by atoms with Gasteiger partial charge in [-0.2, -0.15) is 0 Å². The average molecular weight is 205 g/mol. The SMILES string of the molecule is O=C1OC(=O)c2c1cc(C1CC1)[nH]c2=O. The van der Waals surface area contributed by atoms with Gasteiger partial charge in [0.05, 0.1) is 5.56 Å². The predicted molar refractivity (Wildman–Crippen MR) is 48.8 cm³/mol. The number of pyridine rings is 1. The van der Waals surface area contributed by atoms with Gasteiger partial charge in [0.15, 0.2) is 0 Å². The quantitative estimate of drug-likeness (QED) is 0.537. The topological polar surface area (TPSA) is 76.2 Å². The molecule has 0 atom stereocenters. The van der Waals surface area contributed by atoms with Crippen LogP contribution in [0.4, 0.5) is 0 Å². The number of esters is 2. The number of carbonyl (C=O) groups is 2. The minimum absolute atomic E-state index is 0.102. The van der Waals surface area contributed by atoms with Crippen molar-refractivity contribution in [1.29, 1.82) is 0 Å². The molecule has 0 unspecified atom stereocenters. The average Bonchev–Trinajstić information content (AvgIpc) is 2.95. The van der Waals surface area contributed by atoms with Crippen LogP contribution >= 0.6 is 0 Å². The zero-order valence-corrected chi connectivity index (χ0v) is 7.70. The normalized spacial score (nSPS) is 18.9. The third kappa shape index (κ3) is 1.12. The van der Waals surface area contributed by atoms with Gasteiger partial charge in [-0.25, -0.2) is 9.59 Å². The third-order valence-corrected chi connectivity index (χ3v) is 2.68. The Morgan fingerprint density at radius 2 is 1.93 bits per heavy atom. The molecule has 0 spiro atoms. The second-order valence-electron chi connectivity index (χ2n) is 3.79. The van der Waals surface area contributed by atoms with Gasteiger partial charge in [-0.1, -0.05) is 0 Å². The van der Waals surface area contributed by atoms with E-state index in [4.69, 9.17) is 0 Å². The summed E-state index contributed by atoms with van der Waals surface area (Å²) in [7, 11) is 0. The summed E-state index contributed by atoms with van der Waals surface area (Å²) in [6.45, 7) is 0. The summed E-state index contributed by atoms with van der Waals surface area (Å²) in [4.78, 5) is 36.5. The van der Waals surface area contributed by atoms with Crippen LogP contribution in [-0.4, -0.2) is 16.9 Å². The van der Waals surface area contributed by atoms with Crippen molar-refractivity contribution in [3.63, 3.8) is 0 Å². The van der Waals surface area contributed by atoms with Crippen LogP contribution in [0, 0.1) is 0 Å². The van der Waals surface area contributed by atoms with Gasteiger partial charge in [-0.05, 0) is 24.8 Å². The number of aromatic amines is 1. The van der Waals surface area contributed by atoms with Crippen LogP contribution in [0.5, 0.6) is 0 Å². The fourth-order valence-corrected chi connectivity index (χ4v) is 1.75. The summed E-state index contributed by atoms with van der Waals surface area (Å²) in [5.41, 5.74) is 0.144. The third-order valence-electron chi connectivity index (χ3n) is 2.68. The van der Waals surface area contributed by atoms with Crippen molar-refractivity contribution >= 4 is 11.9 Å². The van der Waals surface area contributed by atoms with Gasteiger partial charge in [0.25, 0.3) is 5.56 Å². The lowest BCUT2D eigenvalue weighted by Gasteiger charge is -1.98. The molecule has 2 aliphatic rings. The maximum absolute atomic E-state index is 11.5. The van der Waals surface area contributed by atoms with Gasteiger partial charge in [0.2, 0.25) is 0 Å². The number of aromatic nitrogens is 1. The van der Waals surface area contributed by atoms with Crippen LogP contribution in [0.15, 0.2) is 10.9 Å². The number of hydrogen-bond donors (Lipinski definition) is 1. The molecule has 0 bridgehead atoms. The molecule has 5 nitrogen and oxygen atoms in total. The molecule has 1 saturated carbocycles. The number of hydrogen-bond acceptors (Lipinski definition) is 4. The highest BCUT2D eigenvalue weighted by molar-refractivity contribution is 6.14. The van der Waals surface area contributed by atoms with E-state index in [1.54, 1.807) is 6.07 Å². The van der Waals surface area contributed by atoms with E-state index in [0.29, 0.717) is 5.92 Å². The largest absolute Gasteiger partial charge is 0.386 e. The lowest BCUT2D eigenvalue weighted by molar-refractivity contribution is 0.0443. The Kier molecular flexibility index (Phi) is 1.44. The minimum Gasteiger partial charge on any atom is -0.386 e. The molecule has 0 amide bonds. The summed E-state index contributed by atoms with van der Waals surface area (Å²) in [6, 6.07) is 1.56. The van der Waals surface area contributed by atoms with E-state index in [9.17, 15) is 14.4 Å². The first-order valence-electron chi connectivity index (χ1n) is 4.70. The van der Waals surface area contributed by atoms with Crippen LogP contribution < -0.4 is 5.56 Å². The number of H-pyrrole nitrogens is 1. The summed E-state index contributed by atoms with van der Waals surface area (Å²) in [6.07, 6.45) is 2.02. The van der Waals surface area contributed by atoms with Crippen molar-refractivity contribution in [3.05, 3.63) is 33.2 Å². The Bertz CT molecular complexity index is 539. The number of cyclic esters (lactones) is 2. The van der Waals surface area contributed by atoms with E-state index in [1.165, 1.54) is 0 Å². The second-order valence-corrected chi connectivity index (χ2v) is 3.79. The predicted octanol–water partition coefficient (Wildman–Crippen LogP) is 0.563. The van der Waals surface area contributed by atoms with Crippen molar-refractivity contribution in [1.82, 2.24) is 4.98 Å². The molecule has 1 aliphatic heterocycles. The van der Waals surface area contributed by atoms with Crippen LogP contribution in [0.3, 0.4) is 0 Å². The standard InChI is InChI=1S/C10H7NO4/c12-8-7-5(9(13)15-10(7)14)3-6(11-8)4-1-2-4/h3-4H,1-2H2,(H,11,12). The summed E-state index contributed by atoms with van der Waals surface area (Å²) < 4.78 is 4.37. The first kappa shape index (κ1) is 8.40. The first-order chi connectivity index (χ1) is 7.16.